The van der Waals surface area contributed by atoms with Gasteiger partial charge >= 0.3 is 0 Å². The number of carbonyl (C=O) groups is 2. The third kappa shape index (κ3) is 7.10. The van der Waals surface area contributed by atoms with Gasteiger partial charge in [0.05, 0.1) is 18.5 Å². The fourth-order valence-electron chi connectivity index (χ4n) is 2.18. The van der Waals surface area contributed by atoms with Crippen LogP contribution in [0.5, 0.6) is 0 Å². The maximum Gasteiger partial charge on any atom is 0.237 e. The van der Waals surface area contributed by atoms with Gasteiger partial charge in [-0.15, -0.1) is 0 Å². The van der Waals surface area contributed by atoms with E-state index in [2.05, 4.69) is 10.3 Å². The summed E-state index contributed by atoms with van der Waals surface area (Å²) >= 11 is 0. The van der Waals surface area contributed by atoms with E-state index in [4.69, 9.17) is 22.9 Å². The van der Waals surface area contributed by atoms with Crippen molar-refractivity contribution < 1.29 is 9.59 Å². The fourth-order valence-corrected chi connectivity index (χ4v) is 2.18. The predicted octanol–water partition coefficient (Wildman–Crippen LogP) is -0.727. The molecule has 0 aliphatic carbocycles. The average molecular weight is 334 g/mol. The monoisotopic (exact) mass is 334 g/mol. The summed E-state index contributed by atoms with van der Waals surface area (Å²) in [4.78, 5) is 26.8. The molecule has 0 radical (unpaired) electrons. The summed E-state index contributed by atoms with van der Waals surface area (Å²) < 4.78 is 0. The van der Waals surface area contributed by atoms with Crippen LogP contribution in [0.4, 0.5) is 0 Å². The molecule has 0 saturated carbocycles. The smallest absolute Gasteiger partial charge is 0.237 e. The van der Waals surface area contributed by atoms with Crippen molar-refractivity contribution >= 4 is 17.8 Å². The van der Waals surface area contributed by atoms with Crippen LogP contribution >= 0.6 is 0 Å². The first-order chi connectivity index (χ1) is 11.3. The maximum atomic E-state index is 12.1. The van der Waals surface area contributed by atoms with Crippen molar-refractivity contribution in [3.8, 4) is 0 Å². The SMILES string of the molecule is CC(NC(=O)[C@@H](N)CCCN=C(N)N)c1ccc(CC(N)=O)cc1. The molecule has 1 rings (SSSR count). The van der Waals surface area contributed by atoms with Gasteiger partial charge in [0.15, 0.2) is 5.96 Å². The summed E-state index contributed by atoms with van der Waals surface area (Å²) in [5.41, 5.74) is 23.2. The van der Waals surface area contributed by atoms with Crippen LogP contribution in [0.2, 0.25) is 0 Å². The number of nitrogens with zero attached hydrogens (tertiary/aromatic N) is 1. The number of amides is 2. The lowest BCUT2D eigenvalue weighted by Gasteiger charge is -2.18. The molecule has 24 heavy (non-hydrogen) atoms. The zero-order valence-electron chi connectivity index (χ0n) is 13.9. The van der Waals surface area contributed by atoms with E-state index in [-0.39, 0.29) is 30.2 Å². The fraction of sp³-hybridized carbons (Fsp3) is 0.438. The molecule has 0 fully saturated rings. The third-order valence-corrected chi connectivity index (χ3v) is 3.52. The lowest BCUT2D eigenvalue weighted by atomic mass is 10.0. The molecule has 1 unspecified atom stereocenters. The van der Waals surface area contributed by atoms with Gasteiger partial charge in [-0.1, -0.05) is 24.3 Å². The van der Waals surface area contributed by atoms with Crippen LogP contribution in [0, 0.1) is 0 Å². The first kappa shape index (κ1) is 19.4. The van der Waals surface area contributed by atoms with E-state index < -0.39 is 6.04 Å². The quantitative estimate of drug-likeness (QED) is 0.228. The molecular weight excluding hydrogens is 308 g/mol. The van der Waals surface area contributed by atoms with E-state index >= 15 is 0 Å². The second-order valence-corrected chi connectivity index (χ2v) is 5.67. The molecule has 0 saturated heterocycles. The first-order valence-corrected chi connectivity index (χ1v) is 7.78. The van der Waals surface area contributed by atoms with Gasteiger partial charge in [0, 0.05) is 6.54 Å². The van der Waals surface area contributed by atoms with Crippen molar-refractivity contribution in [2.75, 3.05) is 6.54 Å². The highest BCUT2D eigenvalue weighted by Gasteiger charge is 2.16. The molecule has 1 aromatic rings. The van der Waals surface area contributed by atoms with Gasteiger partial charge in [0.25, 0.3) is 0 Å². The number of nitrogens with one attached hydrogen (secondary N) is 1. The molecule has 0 aromatic heterocycles. The van der Waals surface area contributed by atoms with Crippen LogP contribution in [-0.2, 0) is 16.0 Å². The lowest BCUT2D eigenvalue weighted by molar-refractivity contribution is -0.123. The third-order valence-electron chi connectivity index (χ3n) is 3.52. The van der Waals surface area contributed by atoms with Crippen LogP contribution < -0.4 is 28.3 Å². The number of hydrogen-bond acceptors (Lipinski definition) is 4. The Bertz CT molecular complexity index is 581. The number of benzene rings is 1. The Morgan fingerprint density at radius 1 is 1.17 bits per heavy atom. The molecule has 9 N–H and O–H groups in total. The van der Waals surface area contributed by atoms with Crippen LogP contribution in [-0.4, -0.2) is 30.4 Å². The first-order valence-electron chi connectivity index (χ1n) is 7.78. The largest absolute Gasteiger partial charge is 0.370 e. The summed E-state index contributed by atoms with van der Waals surface area (Å²) in [6, 6.07) is 6.54. The van der Waals surface area contributed by atoms with Gasteiger partial charge in [-0.25, -0.2) is 0 Å². The molecule has 0 spiro atoms. The van der Waals surface area contributed by atoms with Crippen LogP contribution in [0.1, 0.15) is 36.9 Å². The van der Waals surface area contributed by atoms with Crippen LogP contribution in [0.15, 0.2) is 29.3 Å². The zero-order valence-corrected chi connectivity index (χ0v) is 13.9. The minimum absolute atomic E-state index is 0.0291. The van der Waals surface area contributed by atoms with Crippen molar-refractivity contribution in [3.05, 3.63) is 35.4 Å². The molecule has 0 heterocycles. The van der Waals surface area contributed by atoms with Crippen molar-refractivity contribution in [2.45, 2.75) is 38.3 Å². The number of carbonyl (C=O) groups excluding carboxylic acids is 2. The number of aliphatic imine (C=N–C) groups is 1. The van der Waals surface area contributed by atoms with Crippen molar-refractivity contribution in [1.82, 2.24) is 5.32 Å². The molecule has 0 aliphatic rings. The molecule has 0 aliphatic heterocycles. The van der Waals surface area contributed by atoms with Gasteiger partial charge in [-0.2, -0.15) is 0 Å². The summed E-state index contributed by atoms with van der Waals surface area (Å²) in [6.45, 7) is 2.31. The number of guanidine groups is 1. The minimum atomic E-state index is -0.615. The highest BCUT2D eigenvalue weighted by atomic mass is 16.2. The van der Waals surface area contributed by atoms with Gasteiger partial charge in [-0.3, -0.25) is 14.6 Å². The van der Waals surface area contributed by atoms with E-state index in [9.17, 15) is 9.59 Å². The number of primary amides is 1. The minimum Gasteiger partial charge on any atom is -0.370 e. The molecule has 0 bridgehead atoms. The highest BCUT2D eigenvalue weighted by molar-refractivity contribution is 5.81. The zero-order chi connectivity index (χ0) is 18.1. The van der Waals surface area contributed by atoms with Gasteiger partial charge in [0.2, 0.25) is 11.8 Å². The second kappa shape index (κ2) is 9.51. The predicted molar refractivity (Wildman–Crippen MR) is 93.8 cm³/mol. The van der Waals surface area contributed by atoms with Crippen LogP contribution in [0.3, 0.4) is 0 Å². The molecule has 1 aromatic carbocycles. The van der Waals surface area contributed by atoms with Crippen molar-refractivity contribution in [3.63, 3.8) is 0 Å². The Kier molecular flexibility index (Phi) is 7.70. The number of nitrogens with two attached hydrogens (primary N) is 4. The molecular formula is C16H26N6O2. The van der Waals surface area contributed by atoms with Crippen molar-refractivity contribution in [2.24, 2.45) is 27.9 Å². The van der Waals surface area contributed by atoms with E-state index in [1.807, 2.05) is 31.2 Å². The molecule has 132 valence electrons. The Morgan fingerprint density at radius 3 is 2.33 bits per heavy atom. The summed E-state index contributed by atoms with van der Waals surface area (Å²) in [6.07, 6.45) is 1.32. The molecule has 8 nitrogen and oxygen atoms in total. The Balaban J connectivity index is 2.47. The topological polar surface area (TPSA) is 163 Å². The normalized spacial score (nSPS) is 12.9. The standard InChI is InChI=1S/C16H26N6O2/c1-10(12-6-4-11(5-7-12)9-14(18)23)22-15(24)13(17)3-2-8-21-16(19)20/h4-7,10,13H,2-3,8-9,17H2,1H3,(H2,18,23)(H,22,24)(H4,19,20,21)/t10?,13-/m0/s1. The summed E-state index contributed by atoms with van der Waals surface area (Å²) in [5.74, 6) is -0.578. The van der Waals surface area contributed by atoms with E-state index in [1.165, 1.54) is 0 Å². The second-order valence-electron chi connectivity index (χ2n) is 5.67. The van der Waals surface area contributed by atoms with Gasteiger partial charge in [-0.05, 0) is 30.9 Å². The molecule has 2 amide bonds. The van der Waals surface area contributed by atoms with E-state index in [0.29, 0.717) is 19.4 Å². The van der Waals surface area contributed by atoms with E-state index in [1.54, 1.807) is 0 Å². The lowest BCUT2D eigenvalue weighted by Crippen LogP contribution is -2.41. The molecule has 2 atom stereocenters. The summed E-state index contributed by atoms with van der Waals surface area (Å²) in [7, 11) is 0. The van der Waals surface area contributed by atoms with E-state index in [0.717, 1.165) is 11.1 Å². The summed E-state index contributed by atoms with van der Waals surface area (Å²) in [5, 5.41) is 2.87. The maximum absolute atomic E-state index is 12.1. The number of hydrogen-bond donors (Lipinski definition) is 5. The highest BCUT2D eigenvalue weighted by Crippen LogP contribution is 2.14. The Morgan fingerprint density at radius 2 is 1.79 bits per heavy atom. The van der Waals surface area contributed by atoms with Crippen molar-refractivity contribution in [1.29, 1.82) is 0 Å². The molecule has 8 heteroatoms. The average Bonchev–Trinajstić information content (AvgIpc) is 2.51. The number of rotatable bonds is 9. The Labute approximate surface area is 141 Å². The Hall–Kier alpha value is -2.61. The van der Waals surface area contributed by atoms with Crippen LogP contribution in [0.25, 0.3) is 0 Å². The van der Waals surface area contributed by atoms with Gasteiger partial charge in [0.1, 0.15) is 0 Å². The van der Waals surface area contributed by atoms with Gasteiger partial charge < -0.3 is 28.3 Å².